The van der Waals surface area contributed by atoms with E-state index in [2.05, 4.69) is 26.0 Å². The summed E-state index contributed by atoms with van der Waals surface area (Å²) in [6, 6.07) is 3.32. The third-order valence-corrected chi connectivity index (χ3v) is 4.45. The van der Waals surface area contributed by atoms with Gasteiger partial charge in [-0.2, -0.15) is 13.2 Å². The molecule has 0 saturated carbocycles. The summed E-state index contributed by atoms with van der Waals surface area (Å²) in [4.78, 5) is 0. The van der Waals surface area contributed by atoms with E-state index in [1.165, 1.54) is 6.07 Å². The lowest BCUT2D eigenvalue weighted by molar-refractivity contribution is -0.138. The molecule has 1 aromatic rings. The first-order chi connectivity index (χ1) is 9.51. The topological polar surface area (TPSA) is 58.2 Å². The third-order valence-electron chi connectivity index (χ3n) is 2.47. The zero-order valence-electron chi connectivity index (χ0n) is 11.5. The molecule has 0 atom stereocenters. The zero-order valence-corrected chi connectivity index (χ0v) is 13.9. The first-order valence-electron chi connectivity index (χ1n) is 6.12. The van der Waals surface area contributed by atoms with E-state index in [0.29, 0.717) is 0 Å². The quantitative estimate of drug-likeness (QED) is 0.786. The van der Waals surface area contributed by atoms with Crippen molar-refractivity contribution in [3.8, 4) is 0 Å². The Bertz CT molecular complexity index is 589. The van der Waals surface area contributed by atoms with Gasteiger partial charge in [0.2, 0.25) is 10.0 Å². The molecule has 9 heteroatoms. The summed E-state index contributed by atoms with van der Waals surface area (Å²) >= 11 is 2.80. The molecule has 0 spiro atoms. The molecule has 21 heavy (non-hydrogen) atoms. The van der Waals surface area contributed by atoms with Gasteiger partial charge in [-0.1, -0.05) is 29.8 Å². The summed E-state index contributed by atoms with van der Waals surface area (Å²) in [5, 5.41) is 2.93. The molecule has 0 fully saturated rings. The van der Waals surface area contributed by atoms with Crippen molar-refractivity contribution < 1.29 is 21.6 Å². The van der Waals surface area contributed by atoms with Crippen LogP contribution in [0.2, 0.25) is 0 Å². The van der Waals surface area contributed by atoms with Gasteiger partial charge >= 0.3 is 6.18 Å². The summed E-state index contributed by atoms with van der Waals surface area (Å²) in [6.45, 7) is 3.95. The molecular weight excluding hydrogens is 373 g/mol. The van der Waals surface area contributed by atoms with Crippen molar-refractivity contribution in [1.82, 2.24) is 5.32 Å². The number of benzene rings is 1. The lowest BCUT2D eigenvalue weighted by atomic mass is 10.2. The standard InChI is InChI=1S/C12H16BrF3N2O2S/c1-8(2)17-5-6-21(19,20)18-9-3-4-11(13)10(7-9)12(14,15)16/h3-4,7-8,17-18H,5-6H2,1-2H3. The zero-order chi connectivity index (χ0) is 16.3. The highest BCUT2D eigenvalue weighted by atomic mass is 79.9. The molecule has 0 heterocycles. The van der Waals surface area contributed by atoms with Gasteiger partial charge in [-0.15, -0.1) is 0 Å². The maximum Gasteiger partial charge on any atom is 0.417 e. The molecule has 2 N–H and O–H groups in total. The van der Waals surface area contributed by atoms with Crippen LogP contribution in [0.1, 0.15) is 19.4 Å². The van der Waals surface area contributed by atoms with Crippen molar-refractivity contribution >= 4 is 31.6 Å². The van der Waals surface area contributed by atoms with Gasteiger partial charge in [0.15, 0.2) is 0 Å². The number of alkyl halides is 3. The Kier molecular flexibility index (Phi) is 6.06. The molecule has 0 bridgehead atoms. The van der Waals surface area contributed by atoms with Crippen molar-refractivity contribution in [2.24, 2.45) is 0 Å². The maximum atomic E-state index is 12.7. The number of sulfonamides is 1. The number of hydrogen-bond acceptors (Lipinski definition) is 3. The van der Waals surface area contributed by atoms with Gasteiger partial charge in [0.1, 0.15) is 0 Å². The molecule has 0 unspecified atom stereocenters. The number of rotatable bonds is 6. The summed E-state index contributed by atoms with van der Waals surface area (Å²) in [7, 11) is -3.70. The second-order valence-electron chi connectivity index (χ2n) is 4.72. The Labute approximate surface area is 130 Å². The fraction of sp³-hybridized carbons (Fsp3) is 0.500. The SMILES string of the molecule is CC(C)NCCS(=O)(=O)Nc1ccc(Br)c(C(F)(F)F)c1. The summed E-state index contributed by atoms with van der Waals surface area (Å²) < 4.78 is 63.8. The van der Waals surface area contributed by atoms with E-state index < -0.39 is 21.8 Å². The lowest BCUT2D eigenvalue weighted by Gasteiger charge is -2.13. The van der Waals surface area contributed by atoms with Crippen molar-refractivity contribution in [1.29, 1.82) is 0 Å². The van der Waals surface area contributed by atoms with Gasteiger partial charge in [-0.05, 0) is 18.2 Å². The molecule has 0 aliphatic heterocycles. The largest absolute Gasteiger partial charge is 0.417 e. The number of hydrogen-bond donors (Lipinski definition) is 2. The molecule has 0 radical (unpaired) electrons. The highest BCUT2D eigenvalue weighted by Gasteiger charge is 2.33. The van der Waals surface area contributed by atoms with E-state index in [0.717, 1.165) is 12.1 Å². The number of halogens is 4. The van der Waals surface area contributed by atoms with Crippen molar-refractivity contribution in [2.75, 3.05) is 17.0 Å². The van der Waals surface area contributed by atoms with E-state index >= 15 is 0 Å². The van der Waals surface area contributed by atoms with E-state index in [1.54, 1.807) is 0 Å². The molecule has 0 aliphatic rings. The second kappa shape index (κ2) is 6.97. The molecule has 0 amide bonds. The van der Waals surface area contributed by atoms with Gasteiger partial charge in [0.25, 0.3) is 0 Å². The highest BCUT2D eigenvalue weighted by Crippen LogP contribution is 2.36. The average molecular weight is 389 g/mol. The van der Waals surface area contributed by atoms with E-state index in [1.807, 2.05) is 13.8 Å². The van der Waals surface area contributed by atoms with E-state index in [4.69, 9.17) is 0 Å². The Morgan fingerprint density at radius 3 is 2.43 bits per heavy atom. The minimum Gasteiger partial charge on any atom is -0.313 e. The lowest BCUT2D eigenvalue weighted by Crippen LogP contribution is -2.31. The molecular formula is C12H16BrF3N2O2S. The first-order valence-corrected chi connectivity index (χ1v) is 8.56. The Morgan fingerprint density at radius 1 is 1.29 bits per heavy atom. The molecule has 0 aromatic heterocycles. The Balaban J connectivity index is 2.83. The maximum absolute atomic E-state index is 12.7. The normalized spacial score (nSPS) is 12.7. The van der Waals surface area contributed by atoms with Gasteiger partial charge in [0, 0.05) is 22.7 Å². The fourth-order valence-corrected chi connectivity index (χ4v) is 2.96. The predicted octanol–water partition coefficient (Wildman–Crippen LogP) is 3.21. The van der Waals surface area contributed by atoms with Crippen LogP contribution in [0.4, 0.5) is 18.9 Å². The van der Waals surface area contributed by atoms with Crippen LogP contribution in [0.3, 0.4) is 0 Å². The fourth-order valence-electron chi connectivity index (χ4n) is 1.52. The summed E-state index contributed by atoms with van der Waals surface area (Å²) in [5.74, 6) is -0.220. The van der Waals surface area contributed by atoms with Crippen LogP contribution >= 0.6 is 15.9 Å². The van der Waals surface area contributed by atoms with Crippen LogP contribution in [0.5, 0.6) is 0 Å². The van der Waals surface area contributed by atoms with Gasteiger partial charge in [-0.3, -0.25) is 4.72 Å². The van der Waals surface area contributed by atoms with Gasteiger partial charge in [-0.25, -0.2) is 8.42 Å². The number of nitrogens with one attached hydrogen (secondary N) is 2. The Morgan fingerprint density at radius 2 is 1.90 bits per heavy atom. The summed E-state index contributed by atoms with van der Waals surface area (Å²) in [6.07, 6.45) is -4.56. The minimum atomic E-state index is -4.56. The highest BCUT2D eigenvalue weighted by molar-refractivity contribution is 9.10. The van der Waals surface area contributed by atoms with E-state index in [-0.39, 0.29) is 28.5 Å². The predicted molar refractivity (Wildman–Crippen MR) is 79.7 cm³/mol. The minimum absolute atomic E-state index is 0.116. The molecule has 1 rings (SSSR count). The van der Waals surface area contributed by atoms with Gasteiger partial charge in [0.05, 0.1) is 11.3 Å². The molecule has 0 saturated heterocycles. The number of anilines is 1. The van der Waals surface area contributed by atoms with E-state index in [9.17, 15) is 21.6 Å². The second-order valence-corrected chi connectivity index (χ2v) is 7.42. The Hall–Kier alpha value is -0.800. The van der Waals surface area contributed by atoms with Crippen LogP contribution < -0.4 is 10.0 Å². The summed E-state index contributed by atoms with van der Waals surface area (Å²) in [5.41, 5.74) is -1.04. The van der Waals surface area contributed by atoms with Crippen molar-refractivity contribution in [2.45, 2.75) is 26.1 Å². The van der Waals surface area contributed by atoms with Crippen molar-refractivity contribution in [3.63, 3.8) is 0 Å². The smallest absolute Gasteiger partial charge is 0.313 e. The van der Waals surface area contributed by atoms with Gasteiger partial charge < -0.3 is 5.32 Å². The van der Waals surface area contributed by atoms with Crippen LogP contribution in [-0.2, 0) is 16.2 Å². The third kappa shape index (κ3) is 6.23. The van der Waals surface area contributed by atoms with Crippen LogP contribution in [0.25, 0.3) is 0 Å². The van der Waals surface area contributed by atoms with Crippen LogP contribution in [0.15, 0.2) is 22.7 Å². The first kappa shape index (κ1) is 18.2. The van der Waals surface area contributed by atoms with Crippen molar-refractivity contribution in [3.05, 3.63) is 28.2 Å². The molecule has 120 valence electrons. The van der Waals surface area contributed by atoms with Crippen LogP contribution in [-0.4, -0.2) is 26.8 Å². The molecule has 1 aromatic carbocycles. The average Bonchev–Trinajstić information content (AvgIpc) is 2.29. The molecule has 4 nitrogen and oxygen atoms in total. The monoisotopic (exact) mass is 388 g/mol. The molecule has 0 aliphatic carbocycles. The van der Waals surface area contributed by atoms with Crippen LogP contribution in [0, 0.1) is 0 Å².